The lowest BCUT2D eigenvalue weighted by molar-refractivity contribution is -0.384. The Labute approximate surface area is 200 Å². The summed E-state index contributed by atoms with van der Waals surface area (Å²) < 4.78 is 44.0. The van der Waals surface area contributed by atoms with E-state index in [0.29, 0.717) is 5.56 Å². The van der Waals surface area contributed by atoms with Crippen LogP contribution in [0.3, 0.4) is 0 Å². The highest BCUT2D eigenvalue weighted by Gasteiger charge is 2.70. The molecule has 8 nitrogen and oxygen atoms in total. The Kier molecular flexibility index (Phi) is 6.34. The van der Waals surface area contributed by atoms with Gasteiger partial charge in [0.05, 0.1) is 22.4 Å². The number of amides is 2. The van der Waals surface area contributed by atoms with Gasteiger partial charge < -0.3 is 10.4 Å². The number of nitrogens with one attached hydrogen (secondary N) is 1. The number of nitro groups is 1. The molecule has 0 bridgehead atoms. The average molecular weight is 505 g/mol. The van der Waals surface area contributed by atoms with Gasteiger partial charge in [-0.25, -0.2) is 4.79 Å². The van der Waals surface area contributed by atoms with Crippen molar-refractivity contribution in [3.8, 4) is 0 Å². The Hall–Kier alpha value is -3.77. The molecule has 0 radical (unpaired) electrons. The van der Waals surface area contributed by atoms with E-state index in [1.165, 1.54) is 29.6 Å². The van der Waals surface area contributed by atoms with E-state index in [9.17, 15) is 38.0 Å². The van der Waals surface area contributed by atoms with Gasteiger partial charge in [0.2, 0.25) is 0 Å². The van der Waals surface area contributed by atoms with Gasteiger partial charge in [-0.1, -0.05) is 48.5 Å². The third kappa shape index (κ3) is 4.37. The van der Waals surface area contributed by atoms with E-state index < -0.39 is 47.1 Å². The predicted octanol–water partition coefficient (Wildman–Crippen LogP) is 4.67. The van der Waals surface area contributed by atoms with Gasteiger partial charge in [0.15, 0.2) is 5.78 Å². The molecular formula is C23H18F3N3O5S. The summed E-state index contributed by atoms with van der Waals surface area (Å²) in [5, 5.41) is 26.2. The Morgan fingerprint density at radius 2 is 1.77 bits per heavy atom. The molecule has 1 aliphatic heterocycles. The topological polar surface area (TPSA) is 113 Å². The molecule has 4 rings (SSSR count). The molecule has 2 amide bonds. The number of carbonyl (C=O) groups is 2. The zero-order chi connectivity index (χ0) is 25.4. The normalized spacial score (nSPS) is 22.5. The molecule has 182 valence electrons. The summed E-state index contributed by atoms with van der Waals surface area (Å²) in [6.45, 7) is -0.621. The number of ketones is 1. The van der Waals surface area contributed by atoms with Crippen molar-refractivity contribution in [1.29, 1.82) is 0 Å². The van der Waals surface area contributed by atoms with E-state index in [4.69, 9.17) is 0 Å². The van der Waals surface area contributed by atoms with Crippen LogP contribution in [0, 0.1) is 16.0 Å². The quantitative estimate of drug-likeness (QED) is 0.287. The van der Waals surface area contributed by atoms with Crippen molar-refractivity contribution in [2.45, 2.75) is 24.5 Å². The molecule has 3 aromatic rings. The van der Waals surface area contributed by atoms with E-state index in [0.717, 1.165) is 35.6 Å². The Morgan fingerprint density at radius 3 is 2.31 bits per heavy atom. The van der Waals surface area contributed by atoms with Crippen molar-refractivity contribution in [2.75, 3.05) is 0 Å². The first-order valence-electron chi connectivity index (χ1n) is 10.3. The minimum absolute atomic E-state index is 0.000826. The van der Waals surface area contributed by atoms with Crippen LogP contribution in [0.25, 0.3) is 0 Å². The summed E-state index contributed by atoms with van der Waals surface area (Å²) in [5.74, 6) is -3.23. The van der Waals surface area contributed by atoms with Crippen LogP contribution in [0.4, 0.5) is 23.7 Å². The Bertz CT molecular complexity index is 1240. The molecule has 1 aliphatic rings. The van der Waals surface area contributed by atoms with Crippen LogP contribution in [-0.4, -0.2) is 38.6 Å². The Balaban J connectivity index is 1.87. The summed E-state index contributed by atoms with van der Waals surface area (Å²) in [6.07, 6.45) is -5.42. The van der Waals surface area contributed by atoms with Crippen LogP contribution in [0.1, 0.15) is 26.8 Å². The Morgan fingerprint density at radius 1 is 1.11 bits per heavy atom. The summed E-state index contributed by atoms with van der Waals surface area (Å²) in [4.78, 5) is 36.9. The number of aliphatic hydroxyl groups is 1. The molecule has 2 N–H and O–H groups in total. The van der Waals surface area contributed by atoms with Gasteiger partial charge in [0.1, 0.15) is 5.92 Å². The molecular weight excluding hydrogens is 487 g/mol. The molecule has 2 heterocycles. The molecule has 0 saturated carbocycles. The van der Waals surface area contributed by atoms with Gasteiger partial charge in [-0.05, 0) is 22.6 Å². The highest BCUT2D eigenvalue weighted by atomic mass is 32.1. The highest BCUT2D eigenvalue weighted by molar-refractivity contribution is 7.12. The van der Waals surface area contributed by atoms with Crippen molar-refractivity contribution in [2.24, 2.45) is 5.92 Å². The predicted molar refractivity (Wildman–Crippen MR) is 119 cm³/mol. The number of nitrogens with zero attached hydrogens (tertiary/aromatic N) is 2. The van der Waals surface area contributed by atoms with Crippen LogP contribution in [0.15, 0.2) is 72.1 Å². The van der Waals surface area contributed by atoms with Crippen LogP contribution in [-0.2, 0) is 6.54 Å². The summed E-state index contributed by atoms with van der Waals surface area (Å²) in [7, 11) is 0. The number of rotatable bonds is 6. The molecule has 0 spiro atoms. The second-order valence-electron chi connectivity index (χ2n) is 7.89. The van der Waals surface area contributed by atoms with E-state index in [-0.39, 0.29) is 21.0 Å². The number of benzene rings is 2. The third-order valence-electron chi connectivity index (χ3n) is 5.81. The lowest BCUT2D eigenvalue weighted by Gasteiger charge is -2.51. The standard InChI is InChI=1S/C23H18F3N3O5S/c24-23(25,26)22(32)18(20(30)17-7-4-12-35-17)19(15-8-10-16(11-9-15)29(33)34)27-21(31)28(22)13-14-5-2-1-3-6-14/h1-12,18-19,32H,13H2,(H,27,31)/t18-,19-,22-/m1/s1. The zero-order valence-electron chi connectivity index (χ0n) is 17.8. The first-order valence-corrected chi connectivity index (χ1v) is 11.1. The number of Topliss-reactive ketones (excluding diaryl/α,β-unsaturated/α-hetero) is 1. The van der Waals surface area contributed by atoms with Gasteiger partial charge >= 0.3 is 12.2 Å². The number of alkyl halides is 3. The highest BCUT2D eigenvalue weighted by Crippen LogP contribution is 2.49. The molecule has 2 aromatic carbocycles. The molecule has 1 saturated heterocycles. The van der Waals surface area contributed by atoms with Gasteiger partial charge in [-0.2, -0.15) is 13.2 Å². The largest absolute Gasteiger partial charge is 0.437 e. The summed E-state index contributed by atoms with van der Waals surface area (Å²) in [5.41, 5.74) is -3.89. The van der Waals surface area contributed by atoms with Gasteiger partial charge in [0.25, 0.3) is 11.4 Å². The van der Waals surface area contributed by atoms with Gasteiger partial charge in [-0.3, -0.25) is 19.8 Å². The number of thiophene rings is 1. The number of non-ortho nitro benzene ring substituents is 1. The van der Waals surface area contributed by atoms with Crippen LogP contribution in [0.5, 0.6) is 0 Å². The summed E-state index contributed by atoms with van der Waals surface area (Å²) >= 11 is 0.897. The molecule has 12 heteroatoms. The van der Waals surface area contributed by atoms with E-state index >= 15 is 0 Å². The van der Waals surface area contributed by atoms with Crippen molar-refractivity contribution in [3.63, 3.8) is 0 Å². The third-order valence-corrected chi connectivity index (χ3v) is 6.70. The first kappa shape index (κ1) is 24.4. The smallest absolute Gasteiger partial charge is 0.363 e. The number of urea groups is 1. The fraction of sp³-hybridized carbons (Fsp3) is 0.217. The minimum atomic E-state index is -5.42. The van der Waals surface area contributed by atoms with E-state index in [1.54, 1.807) is 18.2 Å². The van der Waals surface area contributed by atoms with Crippen molar-refractivity contribution < 1.29 is 32.8 Å². The van der Waals surface area contributed by atoms with Crippen LogP contribution < -0.4 is 5.32 Å². The number of hydrogen-bond acceptors (Lipinski definition) is 6. The maximum atomic E-state index is 14.7. The maximum absolute atomic E-state index is 14.7. The minimum Gasteiger partial charge on any atom is -0.363 e. The number of nitro benzene ring substituents is 1. The number of hydrogen-bond donors (Lipinski definition) is 2. The van der Waals surface area contributed by atoms with Crippen molar-refractivity contribution >= 4 is 28.8 Å². The van der Waals surface area contributed by atoms with Crippen LogP contribution in [0.2, 0.25) is 0 Å². The molecule has 1 fully saturated rings. The zero-order valence-corrected chi connectivity index (χ0v) is 18.6. The van der Waals surface area contributed by atoms with Crippen molar-refractivity contribution in [1.82, 2.24) is 10.2 Å². The lowest BCUT2D eigenvalue weighted by Crippen LogP contribution is -2.73. The number of halogens is 3. The van der Waals surface area contributed by atoms with Crippen LogP contribution >= 0.6 is 11.3 Å². The SMILES string of the molecule is O=C(c1cccs1)[C@H]1[C@@H](c2ccc([N+](=O)[O-])cc2)NC(=O)N(Cc2ccccc2)[C@]1(O)C(F)(F)F. The van der Waals surface area contributed by atoms with Gasteiger partial charge in [-0.15, -0.1) is 11.3 Å². The monoisotopic (exact) mass is 505 g/mol. The number of carbonyl (C=O) groups excluding carboxylic acids is 2. The first-order chi connectivity index (χ1) is 16.5. The molecule has 3 atom stereocenters. The summed E-state index contributed by atoms with van der Waals surface area (Å²) in [6, 6.07) is 12.1. The average Bonchev–Trinajstić information content (AvgIpc) is 3.36. The van der Waals surface area contributed by atoms with Gasteiger partial charge in [0, 0.05) is 12.1 Å². The van der Waals surface area contributed by atoms with Crippen molar-refractivity contribution in [3.05, 3.63) is 98.2 Å². The molecule has 0 aliphatic carbocycles. The van der Waals surface area contributed by atoms with E-state index in [1.807, 2.05) is 0 Å². The molecule has 0 unspecified atom stereocenters. The lowest BCUT2D eigenvalue weighted by atomic mass is 9.77. The second-order valence-corrected chi connectivity index (χ2v) is 8.84. The molecule has 1 aromatic heterocycles. The fourth-order valence-corrected chi connectivity index (χ4v) is 4.83. The van der Waals surface area contributed by atoms with E-state index in [2.05, 4.69) is 5.32 Å². The molecule has 35 heavy (non-hydrogen) atoms. The second kappa shape index (κ2) is 9.12. The maximum Gasteiger partial charge on any atom is 0.437 e. The fourth-order valence-electron chi connectivity index (χ4n) is 4.12.